The van der Waals surface area contributed by atoms with Crippen molar-refractivity contribution in [2.45, 2.75) is 26.1 Å². The molecule has 32 heavy (non-hydrogen) atoms. The number of benzene rings is 2. The van der Waals surface area contributed by atoms with Crippen LogP contribution in [0.25, 0.3) is 16.7 Å². The van der Waals surface area contributed by atoms with Gasteiger partial charge in [-0.05, 0) is 36.8 Å². The highest BCUT2D eigenvalue weighted by Crippen LogP contribution is 2.33. The summed E-state index contributed by atoms with van der Waals surface area (Å²) in [6.45, 7) is 4.47. The Kier molecular flexibility index (Phi) is 4.26. The van der Waals surface area contributed by atoms with Crippen molar-refractivity contribution in [3.63, 3.8) is 0 Å². The molecular weight excluding hydrogens is 400 g/mol. The van der Waals surface area contributed by atoms with Gasteiger partial charge in [-0.2, -0.15) is 0 Å². The Labute approximate surface area is 185 Å². The summed E-state index contributed by atoms with van der Waals surface area (Å²) in [5, 5.41) is 9.62. The van der Waals surface area contributed by atoms with Crippen LogP contribution in [0.2, 0.25) is 0 Å². The van der Waals surface area contributed by atoms with Crippen molar-refractivity contribution in [1.29, 1.82) is 0 Å². The molecule has 6 rings (SSSR count). The van der Waals surface area contributed by atoms with E-state index < -0.39 is 0 Å². The Hall–Kier alpha value is -3.71. The van der Waals surface area contributed by atoms with Gasteiger partial charge in [0.05, 0.1) is 23.5 Å². The SMILES string of the molecule is Cc1ccc2c(c1)c(=O)n(C)c1nnc(CN3CCn4cccc4C3c3ccccc3)n21. The van der Waals surface area contributed by atoms with E-state index >= 15 is 0 Å². The van der Waals surface area contributed by atoms with Crippen LogP contribution in [0.3, 0.4) is 0 Å². The third-order valence-electron chi connectivity index (χ3n) is 6.54. The Morgan fingerprint density at radius 1 is 1.00 bits per heavy atom. The highest BCUT2D eigenvalue weighted by Gasteiger charge is 2.30. The summed E-state index contributed by atoms with van der Waals surface area (Å²) in [6.07, 6.45) is 2.15. The molecule has 4 heterocycles. The van der Waals surface area contributed by atoms with Crippen LogP contribution < -0.4 is 5.56 Å². The summed E-state index contributed by atoms with van der Waals surface area (Å²) < 4.78 is 5.96. The summed E-state index contributed by atoms with van der Waals surface area (Å²) in [4.78, 5) is 15.4. The van der Waals surface area contributed by atoms with Crippen LogP contribution in [0.5, 0.6) is 0 Å². The van der Waals surface area contributed by atoms with Crippen molar-refractivity contribution >= 4 is 16.7 Å². The number of rotatable bonds is 3. The Morgan fingerprint density at radius 3 is 2.69 bits per heavy atom. The number of hydrogen-bond acceptors (Lipinski definition) is 4. The van der Waals surface area contributed by atoms with Crippen LogP contribution in [0.1, 0.15) is 28.7 Å². The molecule has 0 radical (unpaired) electrons. The van der Waals surface area contributed by atoms with Crippen LogP contribution in [0.15, 0.2) is 71.7 Å². The van der Waals surface area contributed by atoms with Gasteiger partial charge in [0, 0.05) is 32.0 Å². The normalized spacial score (nSPS) is 16.6. The number of aryl methyl sites for hydroxylation is 2. The third kappa shape index (κ3) is 2.81. The van der Waals surface area contributed by atoms with Crippen molar-refractivity contribution in [3.05, 3.63) is 99.9 Å². The van der Waals surface area contributed by atoms with Gasteiger partial charge in [-0.3, -0.25) is 18.7 Å². The Morgan fingerprint density at radius 2 is 1.84 bits per heavy atom. The summed E-state index contributed by atoms with van der Waals surface area (Å²) >= 11 is 0. The van der Waals surface area contributed by atoms with Gasteiger partial charge in [-0.15, -0.1) is 10.2 Å². The molecule has 5 aromatic rings. The average Bonchev–Trinajstić information content (AvgIpc) is 3.45. The molecular formula is C25H24N6O. The Balaban J connectivity index is 1.50. The number of nitrogens with zero attached hydrogens (tertiary/aromatic N) is 6. The molecule has 3 aromatic heterocycles. The van der Waals surface area contributed by atoms with Gasteiger partial charge in [-0.25, -0.2) is 0 Å². The zero-order valence-electron chi connectivity index (χ0n) is 18.1. The van der Waals surface area contributed by atoms with Gasteiger partial charge in [0.1, 0.15) is 0 Å². The van der Waals surface area contributed by atoms with E-state index in [1.165, 1.54) is 11.3 Å². The first kappa shape index (κ1) is 19.0. The molecule has 7 nitrogen and oxygen atoms in total. The van der Waals surface area contributed by atoms with E-state index in [-0.39, 0.29) is 11.6 Å². The van der Waals surface area contributed by atoms with Crippen LogP contribution in [-0.4, -0.2) is 35.2 Å². The first-order valence-electron chi connectivity index (χ1n) is 10.9. The molecule has 1 aliphatic rings. The lowest BCUT2D eigenvalue weighted by Gasteiger charge is -2.37. The van der Waals surface area contributed by atoms with Gasteiger partial charge in [0.2, 0.25) is 5.78 Å². The molecule has 160 valence electrons. The standard InChI is InChI=1S/C25H24N6O/c1-17-10-11-20-19(15-17)24(32)28(2)25-27-26-22(31(20)25)16-30-14-13-29-12-6-9-21(29)23(30)18-7-4-3-5-8-18/h3-12,15,23H,13-14,16H2,1-2H3. The topological polar surface area (TPSA) is 60.4 Å². The molecule has 0 amide bonds. The minimum absolute atomic E-state index is 0.0480. The number of aromatic nitrogens is 5. The number of hydrogen-bond donors (Lipinski definition) is 0. The molecule has 0 fully saturated rings. The fourth-order valence-corrected chi connectivity index (χ4v) is 4.96. The Bertz CT molecular complexity index is 1510. The van der Waals surface area contributed by atoms with Gasteiger partial charge in [0.25, 0.3) is 5.56 Å². The maximum absolute atomic E-state index is 12.9. The minimum Gasteiger partial charge on any atom is -0.348 e. The van der Waals surface area contributed by atoms with Crippen LogP contribution in [0, 0.1) is 6.92 Å². The molecule has 0 N–H and O–H groups in total. The third-order valence-corrected chi connectivity index (χ3v) is 6.54. The molecule has 1 atom stereocenters. The molecule has 0 bridgehead atoms. The number of fused-ring (bicyclic) bond motifs is 4. The van der Waals surface area contributed by atoms with E-state index in [2.05, 4.69) is 68.3 Å². The van der Waals surface area contributed by atoms with E-state index in [0.29, 0.717) is 17.7 Å². The van der Waals surface area contributed by atoms with Crippen LogP contribution in [0.4, 0.5) is 0 Å². The zero-order valence-corrected chi connectivity index (χ0v) is 18.1. The lowest BCUT2D eigenvalue weighted by atomic mass is 10.00. The zero-order chi connectivity index (χ0) is 21.8. The maximum atomic E-state index is 12.9. The largest absolute Gasteiger partial charge is 0.348 e. The van der Waals surface area contributed by atoms with E-state index in [0.717, 1.165) is 30.0 Å². The molecule has 7 heteroatoms. The second-order valence-electron chi connectivity index (χ2n) is 8.55. The smallest absolute Gasteiger partial charge is 0.262 e. The first-order valence-corrected chi connectivity index (χ1v) is 10.9. The molecule has 1 unspecified atom stereocenters. The minimum atomic E-state index is -0.0480. The van der Waals surface area contributed by atoms with Crippen molar-refractivity contribution in [2.24, 2.45) is 7.05 Å². The predicted molar refractivity (Wildman–Crippen MR) is 124 cm³/mol. The van der Waals surface area contributed by atoms with E-state index in [1.54, 1.807) is 11.6 Å². The van der Waals surface area contributed by atoms with Crippen molar-refractivity contribution in [3.8, 4) is 0 Å². The van der Waals surface area contributed by atoms with Crippen molar-refractivity contribution in [1.82, 2.24) is 28.6 Å². The second-order valence-corrected chi connectivity index (χ2v) is 8.55. The van der Waals surface area contributed by atoms with Crippen molar-refractivity contribution in [2.75, 3.05) is 6.54 Å². The maximum Gasteiger partial charge on any atom is 0.262 e. The summed E-state index contributed by atoms with van der Waals surface area (Å²) in [7, 11) is 1.76. The van der Waals surface area contributed by atoms with Crippen LogP contribution in [-0.2, 0) is 20.1 Å². The summed E-state index contributed by atoms with van der Waals surface area (Å²) in [5.74, 6) is 1.41. The summed E-state index contributed by atoms with van der Waals surface area (Å²) in [6, 6.07) is 21.0. The highest BCUT2D eigenvalue weighted by molar-refractivity contribution is 5.81. The lowest BCUT2D eigenvalue weighted by molar-refractivity contribution is 0.170. The van der Waals surface area contributed by atoms with Gasteiger partial charge >= 0.3 is 0 Å². The molecule has 0 spiro atoms. The lowest BCUT2D eigenvalue weighted by Crippen LogP contribution is -2.38. The highest BCUT2D eigenvalue weighted by atomic mass is 16.1. The summed E-state index contributed by atoms with van der Waals surface area (Å²) in [5.41, 5.74) is 4.40. The monoisotopic (exact) mass is 424 g/mol. The first-order chi connectivity index (χ1) is 15.6. The molecule has 2 aromatic carbocycles. The second kappa shape index (κ2) is 7.17. The van der Waals surface area contributed by atoms with Gasteiger partial charge < -0.3 is 4.57 Å². The van der Waals surface area contributed by atoms with Gasteiger partial charge in [0.15, 0.2) is 5.82 Å². The molecule has 0 saturated carbocycles. The molecule has 0 saturated heterocycles. The van der Waals surface area contributed by atoms with Crippen LogP contribution >= 0.6 is 0 Å². The quantitative estimate of drug-likeness (QED) is 0.446. The van der Waals surface area contributed by atoms with E-state index in [1.807, 2.05) is 29.5 Å². The molecule has 0 aliphatic carbocycles. The predicted octanol–water partition coefficient (Wildman–Crippen LogP) is 3.30. The van der Waals surface area contributed by atoms with Crippen molar-refractivity contribution < 1.29 is 0 Å². The fraction of sp³-hybridized carbons (Fsp3) is 0.240. The van der Waals surface area contributed by atoms with E-state index in [4.69, 9.17) is 0 Å². The molecule has 1 aliphatic heterocycles. The fourth-order valence-electron chi connectivity index (χ4n) is 4.96. The average molecular weight is 425 g/mol. The van der Waals surface area contributed by atoms with E-state index in [9.17, 15) is 4.79 Å². The van der Waals surface area contributed by atoms with Gasteiger partial charge in [-0.1, -0.05) is 42.0 Å².